The summed E-state index contributed by atoms with van der Waals surface area (Å²) in [5.74, 6) is 5.42. The maximum atomic E-state index is 13.0. The Balaban J connectivity index is 2.00. The third-order valence-corrected chi connectivity index (χ3v) is 6.90. The van der Waals surface area contributed by atoms with Crippen LogP contribution in [0, 0.1) is 24.2 Å². The molecular formula is C23H25F3N6O5S2. The van der Waals surface area contributed by atoms with Crippen LogP contribution in [0.25, 0.3) is 11.0 Å². The lowest BCUT2D eigenvalue weighted by molar-refractivity contribution is -0.173. The minimum Gasteiger partial charge on any atom is -0.394 e. The standard InChI is InChI=1S/C23H25F3N6O5S2/c1-5-17(39-38-4)37-14-9-16(36-15(14)11-33)32-10-13(7-6-8-27-21(35)23(24,25)26)18-19(32)29-22(30-20(18)34)28-12-31(2)3/h1,10,12,14-17,33H,8-9,11H2,2-4H3,(H,27,35)(H,29,30,34)/t14-,15-,16-,17-/m1/s1. The number of terminal acetylenes is 1. The van der Waals surface area contributed by atoms with Crippen molar-refractivity contribution in [2.75, 3.05) is 33.5 Å². The van der Waals surface area contributed by atoms with Crippen LogP contribution in [0.4, 0.5) is 19.1 Å². The van der Waals surface area contributed by atoms with Crippen molar-refractivity contribution in [3.05, 3.63) is 22.1 Å². The van der Waals surface area contributed by atoms with Gasteiger partial charge in [0, 0.05) is 26.7 Å². The first-order valence-corrected chi connectivity index (χ1v) is 13.9. The van der Waals surface area contributed by atoms with Crippen molar-refractivity contribution in [3.63, 3.8) is 0 Å². The van der Waals surface area contributed by atoms with Gasteiger partial charge in [-0.25, -0.2) is 4.99 Å². The number of alkyl halides is 3. The highest BCUT2D eigenvalue weighted by Gasteiger charge is 2.39. The average molecular weight is 587 g/mol. The number of halogens is 3. The van der Waals surface area contributed by atoms with E-state index in [-0.39, 0.29) is 35.6 Å². The second kappa shape index (κ2) is 13.3. The fraction of sp³-hybridized carbons (Fsp3) is 0.478. The van der Waals surface area contributed by atoms with Gasteiger partial charge in [0.2, 0.25) is 5.95 Å². The summed E-state index contributed by atoms with van der Waals surface area (Å²) in [6.07, 6.45) is 3.40. The predicted molar refractivity (Wildman–Crippen MR) is 142 cm³/mol. The molecule has 0 bridgehead atoms. The number of carbonyl (C=O) groups is 1. The van der Waals surface area contributed by atoms with Gasteiger partial charge < -0.3 is 29.4 Å². The molecule has 1 aliphatic heterocycles. The van der Waals surface area contributed by atoms with Crippen LogP contribution < -0.4 is 10.9 Å². The Morgan fingerprint density at radius 3 is 2.90 bits per heavy atom. The summed E-state index contributed by atoms with van der Waals surface area (Å²) in [6, 6.07) is 0. The third kappa shape index (κ3) is 7.71. The first-order chi connectivity index (χ1) is 18.5. The first-order valence-electron chi connectivity index (χ1n) is 11.2. The van der Waals surface area contributed by atoms with Crippen molar-refractivity contribution in [1.82, 2.24) is 24.8 Å². The van der Waals surface area contributed by atoms with Crippen molar-refractivity contribution in [3.8, 4) is 24.2 Å². The normalized spacial score (nSPS) is 20.0. The van der Waals surface area contributed by atoms with Crippen LogP contribution >= 0.6 is 21.6 Å². The number of aromatic amines is 1. The number of aliphatic hydroxyl groups excluding tert-OH is 1. The van der Waals surface area contributed by atoms with Crippen LogP contribution in [0.3, 0.4) is 0 Å². The SMILES string of the molecule is C#C[C@H](O[C@@H]1C[C@H](n2cc(C#CCNC(=O)C(F)(F)F)c3c(=O)[nH]c(N=CN(C)C)nc32)O[C@@H]1CO)SSC. The van der Waals surface area contributed by atoms with E-state index in [0.29, 0.717) is 0 Å². The van der Waals surface area contributed by atoms with Gasteiger partial charge in [0.25, 0.3) is 5.56 Å². The molecule has 0 unspecified atom stereocenters. The Hall–Kier alpha value is -3.15. The van der Waals surface area contributed by atoms with Crippen molar-refractivity contribution in [1.29, 1.82) is 0 Å². The Morgan fingerprint density at radius 2 is 2.28 bits per heavy atom. The highest BCUT2D eigenvalue weighted by Crippen LogP contribution is 2.36. The molecule has 4 atom stereocenters. The Morgan fingerprint density at radius 1 is 1.54 bits per heavy atom. The van der Waals surface area contributed by atoms with Gasteiger partial charge in [-0.05, 0) is 17.0 Å². The number of hydrogen-bond donors (Lipinski definition) is 3. The fourth-order valence-electron chi connectivity index (χ4n) is 3.57. The molecule has 11 nitrogen and oxygen atoms in total. The molecule has 0 radical (unpaired) electrons. The van der Waals surface area contributed by atoms with Crippen molar-refractivity contribution >= 4 is 50.8 Å². The maximum absolute atomic E-state index is 13.0. The van der Waals surface area contributed by atoms with Crippen LogP contribution in [0.2, 0.25) is 0 Å². The smallest absolute Gasteiger partial charge is 0.394 e. The molecule has 1 amide bonds. The van der Waals surface area contributed by atoms with Gasteiger partial charge in [-0.3, -0.25) is 14.6 Å². The molecule has 3 rings (SSSR count). The summed E-state index contributed by atoms with van der Waals surface area (Å²) in [5, 5.41) is 11.6. The molecule has 1 saturated heterocycles. The summed E-state index contributed by atoms with van der Waals surface area (Å²) < 4.78 is 50.8. The van der Waals surface area contributed by atoms with Crippen LogP contribution in [0.15, 0.2) is 16.0 Å². The molecule has 0 aromatic carbocycles. The summed E-state index contributed by atoms with van der Waals surface area (Å²) >= 11 is 0. The quantitative estimate of drug-likeness (QED) is 0.132. The third-order valence-electron chi connectivity index (χ3n) is 5.19. The average Bonchev–Trinajstić information content (AvgIpc) is 3.45. The van der Waals surface area contributed by atoms with E-state index in [4.69, 9.17) is 15.9 Å². The van der Waals surface area contributed by atoms with Gasteiger partial charge in [-0.2, -0.15) is 18.2 Å². The van der Waals surface area contributed by atoms with Gasteiger partial charge in [-0.1, -0.05) is 28.6 Å². The van der Waals surface area contributed by atoms with Gasteiger partial charge in [-0.15, -0.1) is 6.42 Å². The zero-order chi connectivity index (χ0) is 28.7. The van der Waals surface area contributed by atoms with E-state index in [9.17, 15) is 27.9 Å². The zero-order valence-electron chi connectivity index (χ0n) is 21.0. The second-order valence-electron chi connectivity index (χ2n) is 8.21. The highest BCUT2D eigenvalue weighted by molar-refractivity contribution is 8.76. The summed E-state index contributed by atoms with van der Waals surface area (Å²) in [7, 11) is 6.21. The molecular weight excluding hydrogens is 561 g/mol. The number of nitrogens with zero attached hydrogens (tertiary/aromatic N) is 4. The Kier molecular flexibility index (Phi) is 10.3. The van der Waals surface area contributed by atoms with E-state index < -0.39 is 48.1 Å². The maximum Gasteiger partial charge on any atom is 0.471 e. The lowest BCUT2D eigenvalue weighted by atomic mass is 10.2. The fourth-order valence-corrected chi connectivity index (χ4v) is 4.81. The molecule has 1 aliphatic rings. The Bertz CT molecular complexity index is 1370. The lowest BCUT2D eigenvalue weighted by Gasteiger charge is -2.19. The molecule has 16 heteroatoms. The number of rotatable bonds is 9. The molecule has 2 aromatic heterocycles. The van der Waals surface area contributed by atoms with Crippen LogP contribution in [0.1, 0.15) is 18.2 Å². The van der Waals surface area contributed by atoms with Crippen molar-refractivity contribution in [2.24, 2.45) is 4.99 Å². The second-order valence-corrected chi connectivity index (χ2v) is 10.7. The van der Waals surface area contributed by atoms with E-state index in [1.807, 2.05) is 6.26 Å². The van der Waals surface area contributed by atoms with E-state index in [1.54, 1.807) is 24.3 Å². The van der Waals surface area contributed by atoms with Crippen molar-refractivity contribution < 1.29 is 32.5 Å². The number of aliphatic hydroxyl groups is 1. The molecule has 39 heavy (non-hydrogen) atoms. The highest BCUT2D eigenvalue weighted by atomic mass is 33.1. The summed E-state index contributed by atoms with van der Waals surface area (Å²) in [4.78, 5) is 36.7. The molecule has 3 N–H and O–H groups in total. The lowest BCUT2D eigenvalue weighted by Crippen LogP contribution is -2.36. The number of aliphatic imine (C=N–C) groups is 1. The number of ether oxygens (including phenoxy) is 2. The molecule has 0 saturated carbocycles. The number of fused-ring (bicyclic) bond motifs is 1. The van der Waals surface area contributed by atoms with Gasteiger partial charge >= 0.3 is 12.1 Å². The van der Waals surface area contributed by atoms with Gasteiger partial charge in [0.15, 0.2) is 11.1 Å². The molecule has 2 aromatic rings. The van der Waals surface area contributed by atoms with Crippen LogP contribution in [-0.2, 0) is 14.3 Å². The van der Waals surface area contributed by atoms with E-state index in [2.05, 4.69) is 32.7 Å². The van der Waals surface area contributed by atoms with Crippen LogP contribution in [0.5, 0.6) is 0 Å². The van der Waals surface area contributed by atoms with E-state index in [0.717, 1.165) is 0 Å². The van der Waals surface area contributed by atoms with E-state index in [1.165, 1.54) is 38.7 Å². The first kappa shape index (κ1) is 30.4. The largest absolute Gasteiger partial charge is 0.471 e. The minimum atomic E-state index is -5.04. The van der Waals surface area contributed by atoms with Gasteiger partial charge in [0.05, 0.1) is 36.5 Å². The number of carbonyl (C=O) groups excluding carboxylic acids is 1. The van der Waals surface area contributed by atoms with Crippen LogP contribution in [-0.4, -0.2) is 94.1 Å². The number of nitrogens with one attached hydrogen (secondary N) is 2. The molecule has 210 valence electrons. The zero-order valence-corrected chi connectivity index (χ0v) is 22.6. The Labute approximate surface area is 229 Å². The van der Waals surface area contributed by atoms with Crippen molar-refractivity contribution in [2.45, 2.75) is 36.5 Å². The molecule has 0 aliphatic carbocycles. The number of amides is 1. The van der Waals surface area contributed by atoms with E-state index >= 15 is 0 Å². The van der Waals surface area contributed by atoms with Gasteiger partial charge in [0.1, 0.15) is 12.3 Å². The summed E-state index contributed by atoms with van der Waals surface area (Å²) in [5.41, 5.74) is -0.913. The molecule has 1 fully saturated rings. The number of hydrogen-bond acceptors (Lipinski definition) is 9. The monoisotopic (exact) mass is 586 g/mol. The molecule has 0 spiro atoms. The number of H-pyrrole nitrogens is 1. The summed E-state index contributed by atoms with van der Waals surface area (Å²) in [6.45, 7) is -0.968. The number of aromatic nitrogens is 3. The topological polar surface area (TPSA) is 134 Å². The minimum absolute atomic E-state index is 0.00855. The predicted octanol–water partition coefficient (Wildman–Crippen LogP) is 1.61. The molecule has 3 heterocycles.